The van der Waals surface area contributed by atoms with Crippen molar-refractivity contribution < 1.29 is 4.79 Å². The maximum absolute atomic E-state index is 12.2. The lowest BCUT2D eigenvalue weighted by Gasteiger charge is -2.17. The van der Waals surface area contributed by atoms with Gasteiger partial charge in [-0.05, 0) is 36.4 Å². The first-order valence-electron chi connectivity index (χ1n) is 5.69. The van der Waals surface area contributed by atoms with Gasteiger partial charge in [0.1, 0.15) is 0 Å². The number of hydrogen-bond acceptors (Lipinski definition) is 1. The Balaban J connectivity index is 2.09. The van der Waals surface area contributed by atoms with Gasteiger partial charge in [0.25, 0.3) is 5.91 Å². The number of hydrogen-bond donors (Lipinski definition) is 0. The Bertz CT molecular complexity index is 545. The van der Waals surface area contributed by atoms with Crippen LogP contribution in [-0.2, 0) is 13.6 Å². The van der Waals surface area contributed by atoms with Crippen LogP contribution in [0.25, 0.3) is 0 Å². The van der Waals surface area contributed by atoms with Gasteiger partial charge < -0.3 is 9.47 Å². The fraction of sp³-hybridized carbons (Fsp3) is 0.214. The number of halogens is 1. The number of nitrogens with zero attached hydrogens (tertiary/aromatic N) is 2. The van der Waals surface area contributed by atoms with Crippen molar-refractivity contribution in [3.8, 4) is 0 Å². The zero-order chi connectivity index (χ0) is 13.1. The second-order valence-electron chi connectivity index (χ2n) is 4.28. The van der Waals surface area contributed by atoms with Crippen molar-refractivity contribution in [3.63, 3.8) is 0 Å². The lowest BCUT2D eigenvalue weighted by atomic mass is 10.2. The van der Waals surface area contributed by atoms with E-state index in [1.807, 2.05) is 29.9 Å². The maximum atomic E-state index is 12.2. The molecule has 2 rings (SSSR count). The monoisotopic (exact) mass is 262 g/mol. The molecule has 0 N–H and O–H groups in total. The van der Waals surface area contributed by atoms with Crippen molar-refractivity contribution in [2.75, 3.05) is 7.05 Å². The maximum Gasteiger partial charge on any atom is 0.253 e. The third-order valence-electron chi connectivity index (χ3n) is 2.89. The number of aryl methyl sites for hydroxylation is 1. The highest BCUT2D eigenvalue weighted by atomic mass is 35.5. The molecule has 94 valence electrons. The molecule has 0 fully saturated rings. The predicted molar refractivity (Wildman–Crippen MR) is 72.7 cm³/mol. The summed E-state index contributed by atoms with van der Waals surface area (Å²) in [5, 5.41) is 0.636. The van der Waals surface area contributed by atoms with Crippen molar-refractivity contribution >= 4 is 17.5 Å². The molecule has 0 saturated carbocycles. The van der Waals surface area contributed by atoms with Crippen molar-refractivity contribution in [2.24, 2.45) is 7.05 Å². The van der Waals surface area contributed by atoms with Crippen LogP contribution in [0, 0.1) is 0 Å². The van der Waals surface area contributed by atoms with Gasteiger partial charge in [0.15, 0.2) is 0 Å². The second kappa shape index (κ2) is 5.27. The average Bonchev–Trinajstić information content (AvgIpc) is 2.75. The lowest BCUT2D eigenvalue weighted by molar-refractivity contribution is 0.0782. The van der Waals surface area contributed by atoms with Crippen LogP contribution in [0.15, 0.2) is 42.6 Å². The minimum absolute atomic E-state index is 0.00660. The fourth-order valence-electron chi connectivity index (χ4n) is 1.79. The summed E-state index contributed by atoms with van der Waals surface area (Å²) in [4.78, 5) is 13.9. The van der Waals surface area contributed by atoms with Gasteiger partial charge in [0.2, 0.25) is 0 Å². The first-order chi connectivity index (χ1) is 8.58. The highest BCUT2D eigenvalue weighted by Gasteiger charge is 2.12. The summed E-state index contributed by atoms with van der Waals surface area (Å²) in [7, 11) is 3.76. The van der Waals surface area contributed by atoms with Crippen molar-refractivity contribution in [1.82, 2.24) is 9.47 Å². The smallest absolute Gasteiger partial charge is 0.253 e. The van der Waals surface area contributed by atoms with Gasteiger partial charge in [0, 0.05) is 36.6 Å². The number of benzene rings is 1. The zero-order valence-electron chi connectivity index (χ0n) is 10.4. The standard InChI is InChI=1S/C14H15ClN2O/c1-16-9-3-4-13(16)10-17(2)14(18)11-5-7-12(15)8-6-11/h3-9H,10H2,1-2H3. The second-order valence-corrected chi connectivity index (χ2v) is 4.71. The number of aromatic nitrogens is 1. The van der Waals surface area contributed by atoms with E-state index in [9.17, 15) is 4.79 Å². The molecule has 0 aliphatic heterocycles. The van der Waals surface area contributed by atoms with Crippen LogP contribution < -0.4 is 0 Å². The van der Waals surface area contributed by atoms with E-state index in [1.54, 1.807) is 36.2 Å². The first kappa shape index (κ1) is 12.7. The van der Waals surface area contributed by atoms with E-state index < -0.39 is 0 Å². The Hall–Kier alpha value is -1.74. The summed E-state index contributed by atoms with van der Waals surface area (Å²) in [6, 6.07) is 10.9. The van der Waals surface area contributed by atoms with E-state index in [-0.39, 0.29) is 5.91 Å². The minimum Gasteiger partial charge on any atom is -0.353 e. The number of carbonyl (C=O) groups is 1. The molecular formula is C14H15ClN2O. The van der Waals surface area contributed by atoms with Crippen LogP contribution in [0.2, 0.25) is 5.02 Å². The van der Waals surface area contributed by atoms with Gasteiger partial charge in [-0.15, -0.1) is 0 Å². The third-order valence-corrected chi connectivity index (χ3v) is 3.14. The summed E-state index contributed by atoms with van der Waals surface area (Å²) in [5.74, 6) is -0.00660. The quantitative estimate of drug-likeness (QED) is 0.835. The van der Waals surface area contributed by atoms with Gasteiger partial charge in [-0.2, -0.15) is 0 Å². The average molecular weight is 263 g/mol. The van der Waals surface area contributed by atoms with E-state index in [1.165, 1.54) is 0 Å². The Kier molecular flexibility index (Phi) is 3.72. The number of rotatable bonds is 3. The molecule has 0 atom stereocenters. The molecule has 0 radical (unpaired) electrons. The highest BCUT2D eigenvalue weighted by molar-refractivity contribution is 6.30. The molecule has 2 aromatic rings. The van der Waals surface area contributed by atoms with E-state index in [0.29, 0.717) is 17.1 Å². The van der Waals surface area contributed by atoms with Crippen LogP contribution in [0.3, 0.4) is 0 Å². The summed E-state index contributed by atoms with van der Waals surface area (Å²) in [6.45, 7) is 0.588. The predicted octanol–water partition coefficient (Wildman–Crippen LogP) is 2.95. The van der Waals surface area contributed by atoms with Crippen LogP contribution in [0.5, 0.6) is 0 Å². The third kappa shape index (κ3) is 2.74. The molecule has 1 aromatic heterocycles. The SMILES string of the molecule is CN(Cc1cccn1C)C(=O)c1ccc(Cl)cc1. The summed E-state index contributed by atoms with van der Waals surface area (Å²) in [5.41, 5.74) is 1.75. The van der Waals surface area contributed by atoms with E-state index in [2.05, 4.69) is 0 Å². The van der Waals surface area contributed by atoms with E-state index in [4.69, 9.17) is 11.6 Å². The molecular weight excluding hydrogens is 248 g/mol. The van der Waals surface area contributed by atoms with Gasteiger partial charge in [-0.25, -0.2) is 0 Å². The Morgan fingerprint density at radius 3 is 2.50 bits per heavy atom. The minimum atomic E-state index is -0.00660. The Morgan fingerprint density at radius 2 is 1.94 bits per heavy atom. The fourth-order valence-corrected chi connectivity index (χ4v) is 1.91. The topological polar surface area (TPSA) is 25.2 Å². The number of carbonyl (C=O) groups excluding carboxylic acids is 1. The molecule has 4 heteroatoms. The van der Waals surface area contributed by atoms with Crippen molar-refractivity contribution in [1.29, 1.82) is 0 Å². The van der Waals surface area contributed by atoms with Gasteiger partial charge in [0.05, 0.1) is 6.54 Å². The molecule has 0 spiro atoms. The zero-order valence-corrected chi connectivity index (χ0v) is 11.2. The largest absolute Gasteiger partial charge is 0.353 e. The van der Waals surface area contributed by atoms with Crippen LogP contribution in [0.1, 0.15) is 16.1 Å². The highest BCUT2D eigenvalue weighted by Crippen LogP contribution is 2.12. The summed E-state index contributed by atoms with van der Waals surface area (Å²) < 4.78 is 2.01. The Labute approximate surface area is 112 Å². The molecule has 0 unspecified atom stereocenters. The van der Waals surface area contributed by atoms with Crippen molar-refractivity contribution in [3.05, 3.63) is 58.9 Å². The molecule has 1 heterocycles. The van der Waals surface area contributed by atoms with E-state index in [0.717, 1.165) is 5.69 Å². The van der Waals surface area contributed by atoms with Gasteiger partial charge in [-0.1, -0.05) is 11.6 Å². The molecule has 1 amide bonds. The van der Waals surface area contributed by atoms with E-state index >= 15 is 0 Å². The normalized spacial score (nSPS) is 10.4. The van der Waals surface area contributed by atoms with Crippen molar-refractivity contribution in [2.45, 2.75) is 6.54 Å². The lowest BCUT2D eigenvalue weighted by Crippen LogP contribution is -2.27. The van der Waals surface area contributed by atoms with Gasteiger partial charge >= 0.3 is 0 Å². The molecule has 18 heavy (non-hydrogen) atoms. The van der Waals surface area contributed by atoms with Gasteiger partial charge in [-0.3, -0.25) is 4.79 Å². The molecule has 0 aliphatic carbocycles. The Morgan fingerprint density at radius 1 is 1.28 bits per heavy atom. The van der Waals surface area contributed by atoms with Crippen LogP contribution in [0.4, 0.5) is 0 Å². The molecule has 3 nitrogen and oxygen atoms in total. The van der Waals surface area contributed by atoms with Crippen LogP contribution in [-0.4, -0.2) is 22.4 Å². The summed E-state index contributed by atoms with van der Waals surface area (Å²) in [6.07, 6.45) is 1.97. The molecule has 0 saturated heterocycles. The number of amides is 1. The summed E-state index contributed by atoms with van der Waals surface area (Å²) >= 11 is 5.80. The molecule has 0 aliphatic rings. The first-order valence-corrected chi connectivity index (χ1v) is 6.07. The molecule has 0 bridgehead atoms. The van der Waals surface area contributed by atoms with Crippen LogP contribution >= 0.6 is 11.6 Å². The molecule has 1 aromatic carbocycles.